The molecule has 1 saturated heterocycles. The van der Waals surface area contributed by atoms with Crippen molar-refractivity contribution in [1.29, 1.82) is 0 Å². The molecule has 8 heteroatoms. The summed E-state index contributed by atoms with van der Waals surface area (Å²) in [7, 11) is 3.87. The molecule has 4 rings (SSSR count). The molecular formula is C23H30N6O2. The number of fused-ring (bicyclic) bond motifs is 1. The van der Waals surface area contributed by atoms with E-state index in [1.54, 1.807) is 11.0 Å². The zero-order valence-electron chi connectivity index (χ0n) is 18.2. The summed E-state index contributed by atoms with van der Waals surface area (Å²) in [4.78, 5) is 19.9. The lowest BCUT2D eigenvalue weighted by Gasteiger charge is -2.36. The lowest BCUT2D eigenvalue weighted by Crippen LogP contribution is -2.47. The summed E-state index contributed by atoms with van der Waals surface area (Å²) >= 11 is 0. The molecule has 3 aromatic rings. The van der Waals surface area contributed by atoms with Gasteiger partial charge in [-0.1, -0.05) is 30.3 Å². The fourth-order valence-corrected chi connectivity index (χ4v) is 4.14. The van der Waals surface area contributed by atoms with E-state index in [1.807, 2.05) is 32.3 Å². The van der Waals surface area contributed by atoms with Gasteiger partial charge < -0.3 is 15.3 Å². The smallest absolute Gasteiger partial charge is 0.281 e. The van der Waals surface area contributed by atoms with Gasteiger partial charge in [-0.25, -0.2) is 4.98 Å². The summed E-state index contributed by atoms with van der Waals surface area (Å²) in [5.74, 6) is 0. The maximum atomic E-state index is 13.1. The number of rotatable bonds is 7. The Kier molecular flexibility index (Phi) is 6.04. The van der Waals surface area contributed by atoms with Gasteiger partial charge in [0.15, 0.2) is 5.52 Å². The Morgan fingerprint density at radius 3 is 2.58 bits per heavy atom. The van der Waals surface area contributed by atoms with Crippen molar-refractivity contribution in [1.82, 2.24) is 29.5 Å². The molecule has 8 nitrogen and oxygen atoms in total. The molecule has 0 spiro atoms. The van der Waals surface area contributed by atoms with Crippen LogP contribution in [0.1, 0.15) is 18.4 Å². The van der Waals surface area contributed by atoms with Gasteiger partial charge in [0, 0.05) is 38.8 Å². The highest BCUT2D eigenvalue weighted by Gasteiger charge is 2.32. The number of piperidine rings is 1. The number of nitrogens with one attached hydrogen (secondary N) is 1. The summed E-state index contributed by atoms with van der Waals surface area (Å²) in [5.41, 5.74) is 2.73. The molecule has 0 atom stereocenters. The third kappa shape index (κ3) is 4.46. The third-order valence-corrected chi connectivity index (χ3v) is 6.04. The number of likely N-dealkylation sites (tertiary alicyclic amines) is 1. The van der Waals surface area contributed by atoms with E-state index in [0.717, 1.165) is 37.4 Å². The fraction of sp³-hybridized carbons (Fsp3) is 0.435. The average Bonchev–Trinajstić information content (AvgIpc) is 3.10. The molecule has 164 valence electrons. The minimum atomic E-state index is -0.890. The monoisotopic (exact) mass is 422 g/mol. The van der Waals surface area contributed by atoms with Crippen LogP contribution in [-0.2, 0) is 20.1 Å². The zero-order chi connectivity index (χ0) is 22.0. The maximum absolute atomic E-state index is 13.1. The molecule has 0 aliphatic carbocycles. The van der Waals surface area contributed by atoms with E-state index in [-0.39, 0.29) is 12.1 Å². The Hall–Kier alpha value is -2.81. The summed E-state index contributed by atoms with van der Waals surface area (Å²) in [5, 5.41) is 18.7. The van der Waals surface area contributed by atoms with Crippen molar-refractivity contribution in [2.75, 3.05) is 26.7 Å². The van der Waals surface area contributed by atoms with Gasteiger partial charge in [-0.2, -0.15) is 5.10 Å². The van der Waals surface area contributed by atoms with E-state index in [0.29, 0.717) is 23.9 Å². The van der Waals surface area contributed by atoms with Gasteiger partial charge in [0.25, 0.3) is 5.56 Å². The lowest BCUT2D eigenvalue weighted by atomic mass is 9.91. The van der Waals surface area contributed by atoms with Gasteiger partial charge in [-0.05, 0) is 25.5 Å². The quantitative estimate of drug-likeness (QED) is 0.444. The van der Waals surface area contributed by atoms with E-state index in [9.17, 15) is 9.90 Å². The number of hydrogen-bond acceptors (Lipinski definition) is 6. The topological polar surface area (TPSA) is 88.2 Å². The lowest BCUT2D eigenvalue weighted by molar-refractivity contribution is -0.0298. The molecule has 0 saturated carbocycles. The van der Waals surface area contributed by atoms with Crippen molar-refractivity contribution in [3.63, 3.8) is 0 Å². The number of hydrogen-bond donors (Lipinski definition) is 2. The van der Waals surface area contributed by atoms with E-state index >= 15 is 0 Å². The van der Waals surface area contributed by atoms with E-state index in [2.05, 4.69) is 39.0 Å². The molecule has 0 radical (unpaired) electrons. The van der Waals surface area contributed by atoms with E-state index in [1.165, 1.54) is 10.1 Å². The van der Waals surface area contributed by atoms with Crippen LogP contribution in [0.4, 0.5) is 0 Å². The van der Waals surface area contributed by atoms with Crippen molar-refractivity contribution in [2.45, 2.75) is 31.5 Å². The minimum Gasteiger partial charge on any atom is -0.388 e. The molecule has 0 unspecified atom stereocenters. The van der Waals surface area contributed by atoms with Gasteiger partial charge in [0.1, 0.15) is 5.52 Å². The number of nitrogens with zero attached hydrogens (tertiary/aromatic N) is 5. The highest BCUT2D eigenvalue weighted by atomic mass is 16.3. The van der Waals surface area contributed by atoms with Crippen LogP contribution in [0.25, 0.3) is 22.3 Å². The van der Waals surface area contributed by atoms with Crippen molar-refractivity contribution in [3.8, 4) is 11.3 Å². The van der Waals surface area contributed by atoms with Crippen LogP contribution in [-0.4, -0.2) is 61.6 Å². The molecule has 1 aliphatic rings. The molecule has 1 aromatic carbocycles. The molecule has 2 N–H and O–H groups in total. The molecule has 2 aromatic heterocycles. The van der Waals surface area contributed by atoms with Gasteiger partial charge in [-0.3, -0.25) is 14.0 Å². The molecule has 0 amide bonds. The molecule has 0 bridgehead atoms. The Labute approximate surface area is 181 Å². The van der Waals surface area contributed by atoms with Crippen molar-refractivity contribution in [3.05, 3.63) is 59.2 Å². The van der Waals surface area contributed by atoms with Crippen LogP contribution in [0.5, 0.6) is 0 Å². The summed E-state index contributed by atoms with van der Waals surface area (Å²) in [6.07, 6.45) is 4.64. The molecular weight excluding hydrogens is 392 g/mol. The number of aryl methyl sites for hydroxylation is 1. The summed E-state index contributed by atoms with van der Waals surface area (Å²) in [6, 6.07) is 8.16. The Morgan fingerprint density at radius 2 is 1.90 bits per heavy atom. The summed E-state index contributed by atoms with van der Waals surface area (Å²) in [6.45, 7) is 7.10. The second-order valence-corrected chi connectivity index (χ2v) is 8.49. The molecule has 1 fully saturated rings. The molecule has 31 heavy (non-hydrogen) atoms. The van der Waals surface area contributed by atoms with Crippen LogP contribution in [0.3, 0.4) is 0 Å². The summed E-state index contributed by atoms with van der Waals surface area (Å²) < 4.78 is 3.21. The molecule has 1 aliphatic heterocycles. The first-order valence-electron chi connectivity index (χ1n) is 10.6. The number of aromatic nitrogens is 4. The molecule has 3 heterocycles. The van der Waals surface area contributed by atoms with Gasteiger partial charge in [0.2, 0.25) is 0 Å². The average molecular weight is 423 g/mol. The minimum absolute atomic E-state index is 0.218. The fourth-order valence-electron chi connectivity index (χ4n) is 4.14. The van der Waals surface area contributed by atoms with E-state index in [4.69, 9.17) is 0 Å². The normalized spacial score (nSPS) is 16.6. The van der Waals surface area contributed by atoms with Crippen LogP contribution >= 0.6 is 0 Å². The van der Waals surface area contributed by atoms with Gasteiger partial charge in [-0.15, -0.1) is 6.58 Å². The predicted octanol–water partition coefficient (Wildman–Crippen LogP) is 1.53. The van der Waals surface area contributed by atoms with Crippen LogP contribution < -0.4 is 10.9 Å². The van der Waals surface area contributed by atoms with Crippen LogP contribution in [0.2, 0.25) is 0 Å². The van der Waals surface area contributed by atoms with Crippen LogP contribution in [0.15, 0.2) is 48.0 Å². The maximum Gasteiger partial charge on any atom is 0.281 e. The Bertz CT molecular complexity index is 1120. The largest absolute Gasteiger partial charge is 0.388 e. The zero-order valence-corrected chi connectivity index (χ0v) is 18.2. The van der Waals surface area contributed by atoms with Crippen molar-refractivity contribution in [2.24, 2.45) is 7.05 Å². The predicted molar refractivity (Wildman–Crippen MR) is 122 cm³/mol. The van der Waals surface area contributed by atoms with Crippen molar-refractivity contribution < 1.29 is 5.11 Å². The Balaban J connectivity index is 1.62. The first-order valence-corrected chi connectivity index (χ1v) is 10.6. The Morgan fingerprint density at radius 1 is 1.19 bits per heavy atom. The highest BCUT2D eigenvalue weighted by molar-refractivity contribution is 5.89. The first-order chi connectivity index (χ1) is 14.9. The SMILES string of the molecule is C=CCNCc1ccc(-c2c3ncn(CC4(O)CCN(C)CC4)c(=O)c3nn2C)cc1. The second-order valence-electron chi connectivity index (χ2n) is 8.49. The third-order valence-electron chi connectivity index (χ3n) is 6.04. The van der Waals surface area contributed by atoms with E-state index < -0.39 is 5.60 Å². The van der Waals surface area contributed by atoms with Crippen LogP contribution in [0, 0.1) is 0 Å². The van der Waals surface area contributed by atoms with Gasteiger partial charge in [0.05, 0.1) is 24.2 Å². The standard InChI is InChI=1S/C23H30N6O2/c1-4-11-24-14-17-5-7-18(8-6-17)21-19-20(26-28(21)3)22(30)29(16-25-19)15-23(31)9-12-27(2)13-10-23/h4-8,16,24,31H,1,9-15H2,2-3H3. The first kappa shape index (κ1) is 21.4. The number of aliphatic hydroxyl groups is 1. The second kappa shape index (κ2) is 8.74. The van der Waals surface area contributed by atoms with Gasteiger partial charge >= 0.3 is 0 Å². The van der Waals surface area contributed by atoms with Crippen molar-refractivity contribution >= 4 is 11.0 Å². The number of benzene rings is 1. The highest BCUT2D eigenvalue weighted by Crippen LogP contribution is 2.26.